The topological polar surface area (TPSA) is 24.1 Å². The van der Waals surface area contributed by atoms with Gasteiger partial charge in [-0.25, -0.2) is 0 Å². The van der Waals surface area contributed by atoms with Gasteiger partial charge in [0.25, 0.3) is 0 Å². The summed E-state index contributed by atoms with van der Waals surface area (Å²) < 4.78 is 0. The Bertz CT molecular complexity index is 112. The average Bonchev–Trinajstić information content (AvgIpc) is 1.93. The number of hydrogen-bond acceptors (Lipinski definition) is 2. The lowest BCUT2D eigenvalue weighted by atomic mass is 9.95. The van der Waals surface area contributed by atoms with Gasteiger partial charge in [-0.1, -0.05) is 20.8 Å². The second kappa shape index (κ2) is 4.07. The first kappa shape index (κ1) is 9.01. The fraction of sp³-hybridized carbons (Fsp3) is 1.00. The van der Waals surface area contributed by atoms with Crippen LogP contribution < -0.4 is 10.6 Å². The summed E-state index contributed by atoms with van der Waals surface area (Å²) in [5.74, 6) is 0.783. The minimum absolute atomic E-state index is 0.626. The molecule has 1 fully saturated rings. The van der Waals surface area contributed by atoms with E-state index in [0.717, 1.165) is 12.0 Å². The van der Waals surface area contributed by atoms with Crippen LogP contribution in [0.4, 0.5) is 0 Å². The van der Waals surface area contributed by atoms with E-state index >= 15 is 0 Å². The molecule has 0 aromatic heterocycles. The molecule has 2 N–H and O–H groups in total. The maximum Gasteiger partial charge on any atom is 0.0119 e. The Morgan fingerprint density at radius 1 is 1.45 bits per heavy atom. The van der Waals surface area contributed by atoms with Crippen molar-refractivity contribution in [3.63, 3.8) is 0 Å². The molecule has 1 heterocycles. The lowest BCUT2D eigenvalue weighted by Gasteiger charge is -2.31. The van der Waals surface area contributed by atoms with Crippen LogP contribution in [0, 0.1) is 5.92 Å². The van der Waals surface area contributed by atoms with Crippen LogP contribution in [0.3, 0.4) is 0 Å². The average molecular weight is 156 g/mol. The van der Waals surface area contributed by atoms with Crippen LogP contribution in [0.2, 0.25) is 0 Å². The molecule has 0 spiro atoms. The molecular weight excluding hydrogens is 136 g/mol. The minimum atomic E-state index is 0.626. The fourth-order valence-electron chi connectivity index (χ4n) is 1.69. The molecule has 1 saturated heterocycles. The Morgan fingerprint density at radius 3 is 2.73 bits per heavy atom. The third-order valence-corrected chi connectivity index (χ3v) is 2.33. The van der Waals surface area contributed by atoms with E-state index in [1.165, 1.54) is 19.5 Å². The molecule has 2 unspecified atom stereocenters. The molecule has 0 saturated carbocycles. The predicted octanol–water partition coefficient (Wildman–Crippen LogP) is 0.982. The van der Waals surface area contributed by atoms with Crippen LogP contribution in [-0.4, -0.2) is 25.2 Å². The Balaban J connectivity index is 2.29. The van der Waals surface area contributed by atoms with Gasteiger partial charge in [0.05, 0.1) is 0 Å². The Morgan fingerprint density at radius 2 is 2.18 bits per heavy atom. The minimum Gasteiger partial charge on any atom is -0.316 e. The van der Waals surface area contributed by atoms with Crippen molar-refractivity contribution in [2.45, 2.75) is 39.3 Å². The molecule has 1 aliphatic heterocycles. The summed E-state index contributed by atoms with van der Waals surface area (Å²) in [6.45, 7) is 9.09. The van der Waals surface area contributed by atoms with Crippen molar-refractivity contribution in [2.24, 2.45) is 5.92 Å². The summed E-state index contributed by atoms with van der Waals surface area (Å²) >= 11 is 0. The number of nitrogens with one attached hydrogen (secondary N) is 2. The molecule has 2 heteroatoms. The van der Waals surface area contributed by atoms with Crippen molar-refractivity contribution in [3.05, 3.63) is 0 Å². The van der Waals surface area contributed by atoms with E-state index < -0.39 is 0 Å². The van der Waals surface area contributed by atoms with Gasteiger partial charge in [-0.3, -0.25) is 0 Å². The van der Waals surface area contributed by atoms with Crippen molar-refractivity contribution >= 4 is 0 Å². The van der Waals surface area contributed by atoms with E-state index in [2.05, 4.69) is 31.4 Å². The molecule has 0 aromatic carbocycles. The van der Waals surface area contributed by atoms with Crippen LogP contribution in [0.5, 0.6) is 0 Å². The molecule has 1 aliphatic rings. The van der Waals surface area contributed by atoms with E-state index in [1.807, 2.05) is 0 Å². The first-order valence-corrected chi connectivity index (χ1v) is 4.67. The maximum absolute atomic E-state index is 3.59. The van der Waals surface area contributed by atoms with Gasteiger partial charge < -0.3 is 10.6 Å². The highest BCUT2D eigenvalue weighted by molar-refractivity contribution is 4.81. The maximum atomic E-state index is 3.59. The number of piperidine rings is 1. The van der Waals surface area contributed by atoms with Crippen LogP contribution in [0.15, 0.2) is 0 Å². The SMILES string of the molecule is CC(C)NC1CCNCC1C. The highest BCUT2D eigenvalue weighted by atomic mass is 15.0. The lowest BCUT2D eigenvalue weighted by molar-refractivity contribution is 0.282. The Hall–Kier alpha value is -0.0800. The highest BCUT2D eigenvalue weighted by Gasteiger charge is 2.20. The van der Waals surface area contributed by atoms with Crippen LogP contribution >= 0.6 is 0 Å². The zero-order valence-electron chi connectivity index (χ0n) is 7.85. The molecule has 2 nitrogen and oxygen atoms in total. The summed E-state index contributed by atoms with van der Waals surface area (Å²) in [5.41, 5.74) is 0. The number of rotatable bonds is 2. The van der Waals surface area contributed by atoms with Gasteiger partial charge in [0.1, 0.15) is 0 Å². The van der Waals surface area contributed by atoms with Crippen LogP contribution in [0.25, 0.3) is 0 Å². The summed E-state index contributed by atoms with van der Waals surface area (Å²) in [4.78, 5) is 0. The first-order valence-electron chi connectivity index (χ1n) is 4.67. The first-order chi connectivity index (χ1) is 5.20. The monoisotopic (exact) mass is 156 g/mol. The van der Waals surface area contributed by atoms with Crippen molar-refractivity contribution in [1.29, 1.82) is 0 Å². The molecule has 0 aromatic rings. The van der Waals surface area contributed by atoms with Crippen LogP contribution in [0.1, 0.15) is 27.2 Å². The summed E-state index contributed by atoms with van der Waals surface area (Å²) in [6, 6.07) is 1.36. The molecule has 0 amide bonds. The molecule has 2 atom stereocenters. The zero-order chi connectivity index (χ0) is 8.27. The van der Waals surface area contributed by atoms with Gasteiger partial charge in [-0.15, -0.1) is 0 Å². The molecule has 11 heavy (non-hydrogen) atoms. The lowest BCUT2D eigenvalue weighted by Crippen LogP contribution is -2.48. The van der Waals surface area contributed by atoms with Crippen molar-refractivity contribution in [3.8, 4) is 0 Å². The molecule has 0 aliphatic carbocycles. The van der Waals surface area contributed by atoms with Gasteiger partial charge in [-0.2, -0.15) is 0 Å². The Labute approximate surface area is 69.8 Å². The van der Waals surface area contributed by atoms with Crippen LogP contribution in [-0.2, 0) is 0 Å². The Kier molecular flexibility index (Phi) is 3.34. The van der Waals surface area contributed by atoms with E-state index in [4.69, 9.17) is 0 Å². The van der Waals surface area contributed by atoms with E-state index in [9.17, 15) is 0 Å². The number of hydrogen-bond donors (Lipinski definition) is 2. The van der Waals surface area contributed by atoms with E-state index in [-0.39, 0.29) is 0 Å². The van der Waals surface area contributed by atoms with Gasteiger partial charge in [-0.05, 0) is 25.4 Å². The van der Waals surface area contributed by atoms with E-state index in [1.54, 1.807) is 0 Å². The molecule has 66 valence electrons. The van der Waals surface area contributed by atoms with Gasteiger partial charge >= 0.3 is 0 Å². The fourth-order valence-corrected chi connectivity index (χ4v) is 1.69. The van der Waals surface area contributed by atoms with Gasteiger partial charge in [0, 0.05) is 12.1 Å². The quantitative estimate of drug-likeness (QED) is 0.623. The molecule has 0 radical (unpaired) electrons. The second-order valence-corrected chi connectivity index (χ2v) is 3.90. The standard InChI is InChI=1S/C9H20N2/c1-7(2)11-9-4-5-10-6-8(9)3/h7-11H,4-6H2,1-3H3. The third-order valence-electron chi connectivity index (χ3n) is 2.33. The molecule has 1 rings (SSSR count). The summed E-state index contributed by atoms with van der Waals surface area (Å²) in [7, 11) is 0. The third kappa shape index (κ3) is 2.80. The van der Waals surface area contributed by atoms with Gasteiger partial charge in [0.2, 0.25) is 0 Å². The van der Waals surface area contributed by atoms with Crippen molar-refractivity contribution < 1.29 is 0 Å². The van der Waals surface area contributed by atoms with Crippen molar-refractivity contribution in [1.82, 2.24) is 10.6 Å². The largest absolute Gasteiger partial charge is 0.316 e. The highest BCUT2D eigenvalue weighted by Crippen LogP contribution is 2.10. The zero-order valence-corrected chi connectivity index (χ0v) is 7.85. The molecule has 0 bridgehead atoms. The van der Waals surface area contributed by atoms with Crippen molar-refractivity contribution in [2.75, 3.05) is 13.1 Å². The summed E-state index contributed by atoms with van der Waals surface area (Å²) in [6.07, 6.45) is 1.28. The van der Waals surface area contributed by atoms with Gasteiger partial charge in [0.15, 0.2) is 0 Å². The van der Waals surface area contributed by atoms with E-state index in [0.29, 0.717) is 6.04 Å². The second-order valence-electron chi connectivity index (χ2n) is 3.90. The predicted molar refractivity (Wildman–Crippen MR) is 48.7 cm³/mol. The summed E-state index contributed by atoms with van der Waals surface area (Å²) in [5, 5.41) is 6.99. The molecular formula is C9H20N2. The normalized spacial score (nSPS) is 32.7. The smallest absolute Gasteiger partial charge is 0.0119 e.